The minimum atomic E-state index is -1.65. The Labute approximate surface area is 836 Å². The van der Waals surface area contributed by atoms with E-state index in [1.807, 2.05) is 194 Å². The number of carbonyl (C=O) groups excluding carboxylic acids is 3. The maximum Gasteiger partial charge on any atom is 0.351 e. The molecule has 0 spiro atoms. The fraction of sp³-hybridized carbons (Fsp3) is 0.245. The van der Waals surface area contributed by atoms with Gasteiger partial charge in [0.1, 0.15) is 120 Å². The maximum absolute atomic E-state index is 13.2. The summed E-state index contributed by atoms with van der Waals surface area (Å²) in [6.45, 7) is 3.38. The van der Waals surface area contributed by atoms with E-state index in [9.17, 15) is 69.9 Å². The number of H-pyrrole nitrogens is 1. The van der Waals surface area contributed by atoms with Gasteiger partial charge in [-0.1, -0.05) is 250 Å². The zero-order valence-electron chi connectivity index (χ0n) is 80.2. The number of aromatic amines is 1. The van der Waals surface area contributed by atoms with Crippen molar-refractivity contribution in [2.75, 3.05) is 58.6 Å². The van der Waals surface area contributed by atoms with Crippen LogP contribution in [0.4, 0.5) is 17.6 Å². The minimum absolute atomic E-state index is 0.00650. The number of ether oxygens (including phenoxy) is 9. The molecule has 146 heavy (non-hydrogen) atoms. The summed E-state index contributed by atoms with van der Waals surface area (Å²) in [6, 6.07) is 89.7. The van der Waals surface area contributed by atoms with Crippen molar-refractivity contribution in [3.05, 3.63) is 411 Å². The molecule has 0 aliphatic carbocycles. The zero-order valence-corrected chi connectivity index (χ0v) is 80.2. The molecule has 3 fully saturated rings. The average molecular weight is 1980 g/mol. The van der Waals surface area contributed by atoms with Crippen LogP contribution < -0.4 is 55.6 Å². The Morgan fingerprint density at radius 2 is 0.664 bits per heavy atom. The molecule has 15 atom stereocenters. The number of fused-ring (bicyclic) bond motifs is 2. The van der Waals surface area contributed by atoms with E-state index in [0.717, 1.165) is 4.57 Å². The molecule has 11 aromatic carbocycles. The highest BCUT2D eigenvalue weighted by atomic mass is 16.6. The summed E-state index contributed by atoms with van der Waals surface area (Å²) in [4.78, 5) is 92.0. The first-order valence-electron chi connectivity index (χ1n) is 46.7. The summed E-state index contributed by atoms with van der Waals surface area (Å²) in [7, 11) is 9.20. The number of methoxy groups -OCH3 is 6. The van der Waals surface area contributed by atoms with Gasteiger partial charge in [-0.15, -0.1) is 0 Å². The van der Waals surface area contributed by atoms with E-state index in [-0.39, 0.29) is 57.6 Å². The van der Waals surface area contributed by atoms with Gasteiger partial charge in [-0.05, 0) is 83.4 Å². The minimum Gasteiger partial charge on any atom is -0.496 e. The number of anilines is 3. The average Bonchev–Trinajstić information content (AvgIpc) is 0.746. The normalized spacial score (nSPS) is 19.8. The lowest BCUT2D eigenvalue weighted by Gasteiger charge is -2.43. The monoisotopic (exact) mass is 1980 g/mol. The number of carbonyl (C=O) groups is 3. The molecule has 36 nitrogen and oxygen atoms in total. The van der Waals surface area contributed by atoms with Gasteiger partial charge in [0.15, 0.2) is 46.8 Å². The van der Waals surface area contributed by atoms with Crippen LogP contribution in [0.5, 0.6) is 34.5 Å². The van der Waals surface area contributed by atoms with Gasteiger partial charge in [0.2, 0.25) is 11.9 Å². The number of benzene rings is 11. The Morgan fingerprint density at radius 3 is 1.00 bits per heavy atom. The topological polar surface area (TPSA) is 494 Å². The fourth-order valence-electron chi connectivity index (χ4n) is 19.8. The summed E-state index contributed by atoms with van der Waals surface area (Å²) in [5, 5.41) is 115. The number of para-hydroxylation sites is 6. The first kappa shape index (κ1) is 101. The summed E-state index contributed by atoms with van der Waals surface area (Å²) < 4.78 is 57.8. The lowest BCUT2D eigenvalue weighted by Crippen LogP contribution is -2.52. The number of aromatic nitrogens is 10. The van der Waals surface area contributed by atoms with E-state index in [4.69, 9.17) is 42.6 Å². The molecule has 36 heteroatoms. The van der Waals surface area contributed by atoms with Crippen molar-refractivity contribution in [3.63, 3.8) is 0 Å². The molecule has 0 saturated carbocycles. The van der Waals surface area contributed by atoms with Crippen LogP contribution in [0.15, 0.2) is 338 Å². The highest BCUT2D eigenvalue weighted by Crippen LogP contribution is 2.56. The van der Waals surface area contributed by atoms with Crippen LogP contribution in [-0.4, -0.2) is 228 Å². The quantitative estimate of drug-likeness (QED) is 0.0186. The van der Waals surface area contributed by atoms with E-state index in [1.54, 1.807) is 131 Å². The second kappa shape index (κ2) is 44.0. The Balaban J connectivity index is 0.000000150. The summed E-state index contributed by atoms with van der Waals surface area (Å²) in [6.07, 6.45) is -17.3. The molecule has 8 heterocycles. The van der Waals surface area contributed by atoms with E-state index in [0.29, 0.717) is 95.7 Å². The van der Waals surface area contributed by atoms with Crippen LogP contribution in [0, 0.1) is 5.92 Å². The fourth-order valence-corrected chi connectivity index (χ4v) is 19.8. The van der Waals surface area contributed by atoms with Gasteiger partial charge < -0.3 is 99.2 Å². The number of rotatable bonds is 30. The molecule has 3 unspecified atom stereocenters. The zero-order chi connectivity index (χ0) is 103. The molecule has 0 radical (unpaired) electrons. The first-order valence-corrected chi connectivity index (χ1v) is 46.7. The lowest BCUT2D eigenvalue weighted by molar-refractivity contribution is -0.119. The van der Waals surface area contributed by atoms with Crippen LogP contribution in [0.1, 0.15) is 103 Å². The number of nitrogens with zero attached hydrogens (tertiary/aromatic N) is 9. The predicted octanol–water partition coefficient (Wildman–Crippen LogP) is 10.4. The van der Waals surface area contributed by atoms with Crippen molar-refractivity contribution in [3.8, 4) is 34.5 Å². The maximum atomic E-state index is 13.2. The van der Waals surface area contributed by atoms with Gasteiger partial charge >= 0.3 is 5.69 Å². The van der Waals surface area contributed by atoms with Gasteiger partial charge in [0.05, 0.1) is 71.6 Å². The predicted molar refractivity (Wildman–Crippen MR) is 537 cm³/mol. The number of hydrogen-bond acceptors (Lipinski definition) is 29. The Bertz CT molecular complexity index is 7250. The second-order valence-electron chi connectivity index (χ2n) is 35.0. The van der Waals surface area contributed by atoms with Gasteiger partial charge in [-0.3, -0.25) is 43.2 Å². The molecule has 3 aliphatic rings. The number of aliphatic hydroxyl groups excluding tert-OH is 9. The van der Waals surface area contributed by atoms with Gasteiger partial charge in [0, 0.05) is 56.6 Å². The lowest BCUT2D eigenvalue weighted by atomic mass is 9.63. The number of amides is 3. The third-order valence-corrected chi connectivity index (χ3v) is 26.7. The van der Waals surface area contributed by atoms with Crippen LogP contribution in [0.25, 0.3) is 22.3 Å². The van der Waals surface area contributed by atoms with Crippen molar-refractivity contribution in [1.82, 2.24) is 48.6 Å². The third kappa shape index (κ3) is 18.8. The van der Waals surface area contributed by atoms with Crippen LogP contribution in [0.2, 0.25) is 0 Å². The summed E-state index contributed by atoms with van der Waals surface area (Å²) >= 11 is 0. The molecule has 19 rings (SSSR count). The highest BCUT2D eigenvalue weighted by Gasteiger charge is 2.61. The molecule has 16 aromatic rings. The van der Waals surface area contributed by atoms with Crippen molar-refractivity contribution in [2.24, 2.45) is 5.92 Å². The van der Waals surface area contributed by atoms with E-state index >= 15 is 0 Å². The Hall–Kier alpha value is -16.1. The van der Waals surface area contributed by atoms with Gasteiger partial charge in [0.25, 0.3) is 17.4 Å². The number of hydrogen-bond donors (Lipinski definition) is 13. The molecule has 750 valence electrons. The van der Waals surface area contributed by atoms with Crippen molar-refractivity contribution in [2.45, 2.75) is 122 Å². The molecular formula is C110H107N13O23. The summed E-state index contributed by atoms with van der Waals surface area (Å²) in [5.41, 5.74) is 0.576. The second-order valence-corrected chi connectivity index (χ2v) is 35.0. The number of nitrogens with one attached hydrogen (secondary N) is 4. The Kier molecular flexibility index (Phi) is 30.6. The van der Waals surface area contributed by atoms with E-state index < -0.39 is 125 Å². The van der Waals surface area contributed by atoms with Crippen molar-refractivity contribution in [1.29, 1.82) is 0 Å². The molecular weight excluding hydrogens is 1870 g/mol. The van der Waals surface area contributed by atoms with Crippen LogP contribution in [0.3, 0.4) is 0 Å². The summed E-state index contributed by atoms with van der Waals surface area (Å²) in [5.74, 6) is 1.19. The van der Waals surface area contributed by atoms with E-state index in [1.165, 1.54) is 68.8 Å². The standard InChI is InChI=1S/C38H35N5O7.C37H35N3O8.C35H37N5O8/c1-48-27-19-11-9-17-25(27)38(24-15-7-4-8-16-24,26-18-10-12-20-28(26)49-2)33(46)32-30(44)31(45)37(50-32)43-22-41-29-34(39-21-40-35(29)43)42-36(47)23-13-5-3-6-14-23;1-46-27-19-11-9-17-25(27)37(24-15-7-4-8-16-24,26-18-10-12-20-28(26)47-2)33(43)32-30(41)31(42)35(48-32)40-22-21-29(39-36(40)45)38-34(44)23-13-5-3-6-14-23;1-19(2)31(44)38-34-37-30-25(32(45)39-34)36-18-40(30)33-27(42)26(41)28(48-33)29(43)35(20-12-6-5-7-13-20,21-14-8-10-16-23(21)46-3)22-15-9-11-17-24(22)47-4/h3-22,30-33,37,44-46H,1-2H3,(H,39,40,42,47);3-22,30-33,35,41-43H,1-2H3,(H,38,39,44,45);5-19,26-29,33,41-43H,1-4H3,(H2,37,38,39,44,45)/t30-,31+,32-,33?,37+;30-,31+,32-,33?,35+;26-,27+,28-,29?,33+/m000/s1. The molecule has 3 saturated heterocycles. The SMILES string of the molecule is COc1ccccc1C(c1ccccc1)(c1ccccc1OC)C(O)[C@H]1O[C@@H](n2ccc(NC(=O)c3ccccc3)nc2=O)[C@H](O)[C@@H]1O.COc1ccccc1C(c1ccccc1)(c1ccccc1OC)C(O)[C@H]1O[C@@H](n2cnc3c(=O)[nH]c(NC(=O)C(C)C)nc32)[C@H](O)[C@@H]1O.COc1ccccc1C(c1ccccc1)(c1ccccc1OC)C(O)[C@H]1O[C@@H](n2cnc3c(NC(=O)c4ccccc4)ncnc32)[C@H](O)[C@@H]1O. The molecule has 3 aliphatic heterocycles. The number of imidazole rings is 2. The Morgan fingerprint density at radius 1 is 0.356 bits per heavy atom. The molecule has 13 N–H and O–H groups in total. The molecule has 0 bridgehead atoms. The van der Waals surface area contributed by atoms with E-state index in [2.05, 4.69) is 50.8 Å². The largest absolute Gasteiger partial charge is 0.496 e. The first-order chi connectivity index (χ1) is 70.8. The number of aliphatic hydroxyl groups is 9. The highest BCUT2D eigenvalue weighted by molar-refractivity contribution is 6.07. The van der Waals surface area contributed by atoms with Gasteiger partial charge in [-0.25, -0.2) is 24.7 Å². The molecule has 5 aromatic heterocycles. The van der Waals surface area contributed by atoms with Crippen LogP contribution in [-0.2, 0) is 35.3 Å². The third-order valence-electron chi connectivity index (χ3n) is 26.7. The smallest absolute Gasteiger partial charge is 0.351 e. The van der Waals surface area contributed by atoms with Crippen molar-refractivity contribution < 1.29 is 103 Å². The van der Waals surface area contributed by atoms with Crippen molar-refractivity contribution >= 4 is 57.6 Å². The van der Waals surface area contributed by atoms with Gasteiger partial charge in [-0.2, -0.15) is 9.97 Å². The van der Waals surface area contributed by atoms with Crippen LogP contribution >= 0.6 is 0 Å². The molecule has 3 amide bonds.